The molecule has 0 radical (unpaired) electrons. The van der Waals surface area contributed by atoms with Gasteiger partial charge >= 0.3 is 5.97 Å². The van der Waals surface area contributed by atoms with Crippen molar-refractivity contribution >= 4 is 63.5 Å². The highest BCUT2D eigenvalue weighted by molar-refractivity contribution is 8.02. The van der Waals surface area contributed by atoms with Crippen LogP contribution in [0.25, 0.3) is 0 Å². The Morgan fingerprint density at radius 3 is 2.76 bits per heavy atom. The lowest BCUT2D eigenvalue weighted by Gasteiger charge is -2.49. The van der Waals surface area contributed by atoms with E-state index in [-0.39, 0.29) is 22.2 Å². The zero-order valence-electron chi connectivity index (χ0n) is 17.6. The van der Waals surface area contributed by atoms with Crippen LogP contribution in [0.4, 0.5) is 5.13 Å². The lowest BCUT2D eigenvalue weighted by Crippen LogP contribution is -2.71. The van der Waals surface area contributed by atoms with Crippen molar-refractivity contribution in [1.29, 1.82) is 0 Å². The fraction of sp³-hybridized carbons (Fsp3) is 0.200. The average molecular weight is 520 g/mol. The quantitative estimate of drug-likeness (QED) is 0.103. The first-order valence-corrected chi connectivity index (χ1v) is 12.5. The Morgan fingerprint density at radius 2 is 2.15 bits per heavy atom. The second kappa shape index (κ2) is 9.87. The van der Waals surface area contributed by atoms with Crippen LogP contribution in [0.5, 0.6) is 0 Å². The molecule has 0 saturated carbocycles. The van der Waals surface area contributed by atoms with E-state index in [2.05, 4.69) is 15.5 Å². The van der Waals surface area contributed by atoms with Crippen LogP contribution in [0.1, 0.15) is 5.69 Å². The van der Waals surface area contributed by atoms with E-state index >= 15 is 0 Å². The van der Waals surface area contributed by atoms with Crippen LogP contribution in [0.2, 0.25) is 0 Å². The number of allylic oxidation sites excluding steroid dienone is 1. The Balaban J connectivity index is 1.47. The first kappa shape index (κ1) is 23.8. The van der Waals surface area contributed by atoms with Gasteiger partial charge in [0, 0.05) is 28.2 Å². The van der Waals surface area contributed by atoms with Gasteiger partial charge in [-0.3, -0.25) is 14.5 Å². The molecule has 2 aliphatic heterocycles. The third-order valence-electron chi connectivity index (χ3n) is 4.99. The monoisotopic (exact) mass is 519 g/mol. The van der Waals surface area contributed by atoms with Crippen LogP contribution in [0, 0.1) is 0 Å². The van der Waals surface area contributed by atoms with Crippen molar-refractivity contribution in [2.75, 3.05) is 11.5 Å². The molecule has 2 aromatic heterocycles. The van der Waals surface area contributed by atoms with Crippen LogP contribution >= 0.6 is 34.9 Å². The number of aromatic nitrogens is 2. The number of carbonyl (C=O) groups excluding carboxylic acids is 2. The van der Waals surface area contributed by atoms with Gasteiger partial charge < -0.3 is 21.4 Å². The van der Waals surface area contributed by atoms with Crippen molar-refractivity contribution in [3.8, 4) is 0 Å². The third kappa shape index (κ3) is 4.64. The summed E-state index contributed by atoms with van der Waals surface area (Å²) in [5.41, 5.74) is 5.63. The zero-order chi connectivity index (χ0) is 24.4. The molecule has 0 aliphatic carbocycles. The minimum absolute atomic E-state index is 0.0747. The fourth-order valence-electron chi connectivity index (χ4n) is 3.35. The minimum Gasteiger partial charge on any atom is -0.477 e. The average Bonchev–Trinajstić information content (AvgIpc) is 3.24. The number of oxime groups is 1. The van der Waals surface area contributed by atoms with E-state index in [4.69, 9.17) is 5.73 Å². The predicted octanol–water partition coefficient (Wildman–Crippen LogP) is 0.773. The summed E-state index contributed by atoms with van der Waals surface area (Å²) in [6.45, 7) is 0. The number of thiazole rings is 1. The summed E-state index contributed by atoms with van der Waals surface area (Å²) in [4.78, 5) is 43.4. The summed E-state index contributed by atoms with van der Waals surface area (Å²) >= 11 is 3.83. The molecule has 1 fully saturated rings. The highest BCUT2D eigenvalue weighted by Crippen LogP contribution is 2.41. The van der Waals surface area contributed by atoms with Crippen molar-refractivity contribution in [3.05, 3.63) is 58.4 Å². The molecular weight excluding hydrogens is 500 g/mol. The van der Waals surface area contributed by atoms with Gasteiger partial charge in [0.1, 0.15) is 29.9 Å². The van der Waals surface area contributed by atoms with Gasteiger partial charge in [0.2, 0.25) is 0 Å². The number of carbonyl (C=O) groups is 3. The Bertz CT molecular complexity index is 1240. The number of nitrogens with zero attached hydrogens (tertiary/aromatic N) is 4. The van der Waals surface area contributed by atoms with Gasteiger partial charge in [-0.15, -0.1) is 23.1 Å². The molecule has 2 atom stereocenters. The molecule has 0 spiro atoms. The number of nitrogens with one attached hydrogen (secondary N) is 1. The predicted molar refractivity (Wildman–Crippen MR) is 127 cm³/mol. The molecule has 0 bridgehead atoms. The maximum atomic E-state index is 12.8. The summed E-state index contributed by atoms with van der Waals surface area (Å²) in [7, 11) is 1.91. The van der Waals surface area contributed by atoms with Gasteiger partial charge in [0.25, 0.3) is 11.8 Å². The van der Waals surface area contributed by atoms with Crippen LogP contribution < -0.4 is 15.6 Å². The highest BCUT2D eigenvalue weighted by Gasteiger charge is 2.54. The number of nitrogens with two attached hydrogens (primary N) is 1. The number of anilines is 1. The second-order valence-corrected chi connectivity index (χ2v) is 10.2. The molecule has 5 N–H and O–H groups in total. The Morgan fingerprint density at radius 1 is 1.41 bits per heavy atom. The van der Waals surface area contributed by atoms with Crippen molar-refractivity contribution in [2.24, 2.45) is 12.2 Å². The van der Waals surface area contributed by atoms with Crippen molar-refractivity contribution in [3.63, 3.8) is 0 Å². The highest BCUT2D eigenvalue weighted by atomic mass is 32.2. The number of nitrogen functional groups attached to an aromatic ring is 1. The number of fused-ring (bicyclic) bond motifs is 1. The molecule has 4 rings (SSSR count). The number of β-lactam (4-membered cyclic amide) rings is 1. The number of hydrogen-bond acceptors (Lipinski definition) is 10. The number of carboxylic acids is 1. The molecule has 1 saturated heterocycles. The maximum absolute atomic E-state index is 12.8. The number of aliphatic carboxylic acids is 1. The molecule has 2 amide bonds. The van der Waals surface area contributed by atoms with Gasteiger partial charge in [0.05, 0.1) is 0 Å². The molecule has 14 heteroatoms. The van der Waals surface area contributed by atoms with Gasteiger partial charge in [-0.25, -0.2) is 14.3 Å². The Labute approximate surface area is 206 Å². The number of pyridine rings is 1. The van der Waals surface area contributed by atoms with E-state index in [0.717, 1.165) is 16.2 Å². The smallest absolute Gasteiger partial charge is 0.352 e. The van der Waals surface area contributed by atoms with Crippen LogP contribution in [0.3, 0.4) is 0 Å². The topological polar surface area (TPSA) is 162 Å². The Kier molecular flexibility index (Phi) is 6.90. The molecular formula is C20H19N6O5S3+. The van der Waals surface area contributed by atoms with Crippen molar-refractivity contribution < 1.29 is 29.3 Å². The molecule has 34 heavy (non-hydrogen) atoms. The van der Waals surface area contributed by atoms with E-state index in [1.54, 1.807) is 11.5 Å². The summed E-state index contributed by atoms with van der Waals surface area (Å²) in [5, 5.41) is 27.3. The van der Waals surface area contributed by atoms with E-state index < -0.39 is 29.2 Å². The summed E-state index contributed by atoms with van der Waals surface area (Å²) in [5.74, 6) is -2.26. The first-order chi connectivity index (χ1) is 16.3. The second-order valence-electron chi connectivity index (χ2n) is 7.18. The maximum Gasteiger partial charge on any atom is 0.352 e. The lowest BCUT2D eigenvalue weighted by atomic mass is 10.0. The van der Waals surface area contributed by atoms with Crippen molar-refractivity contribution in [1.82, 2.24) is 15.2 Å². The summed E-state index contributed by atoms with van der Waals surface area (Å²) in [6, 6.07) is 2.90. The SMILES string of the molecule is C[n+]1ccc(S/C=C/C2=C(C(=O)O)N3C(=O)C(NC(=O)/C(=N\O)c4csc(N)n4)C3SC2)cc1. The van der Waals surface area contributed by atoms with Crippen LogP contribution in [0.15, 0.2) is 62.7 Å². The standard InChI is InChI=1S/C20H18N6O5S3/c1-25-5-2-11(3-6-25)32-7-4-10-8-33-18-14(17(28)26(18)15(10)19(29)30)23-16(27)13(24-31)12-9-34-20(21)22-12/h2-7,9,14,18H,8H2,1H3,(H4-,21,22,23,27,29,30,31)/p+1/b7-4+. The zero-order valence-corrected chi connectivity index (χ0v) is 20.1. The normalized spacial score (nSPS) is 20.3. The van der Waals surface area contributed by atoms with E-state index in [1.807, 2.05) is 36.1 Å². The van der Waals surface area contributed by atoms with Gasteiger partial charge in [-0.05, 0) is 17.1 Å². The number of thioether (sulfide) groups is 2. The fourth-order valence-corrected chi connectivity index (χ4v) is 5.89. The molecule has 2 aliphatic rings. The summed E-state index contributed by atoms with van der Waals surface area (Å²) in [6.07, 6.45) is 5.50. The van der Waals surface area contributed by atoms with Crippen LogP contribution in [-0.2, 0) is 21.4 Å². The number of carboxylic acid groups (broad SMARTS) is 1. The molecule has 2 unspecified atom stereocenters. The van der Waals surface area contributed by atoms with E-state index in [1.165, 1.54) is 33.8 Å². The molecule has 176 valence electrons. The first-order valence-electron chi connectivity index (χ1n) is 9.74. The molecule has 2 aromatic rings. The molecule has 4 heterocycles. The number of hydrogen-bond donors (Lipinski definition) is 4. The van der Waals surface area contributed by atoms with E-state index in [0.29, 0.717) is 11.3 Å². The van der Waals surface area contributed by atoms with E-state index in [9.17, 15) is 24.7 Å². The Hall–Kier alpha value is -3.36. The number of rotatable bonds is 7. The van der Waals surface area contributed by atoms with Gasteiger partial charge in [-0.1, -0.05) is 16.9 Å². The number of amides is 2. The largest absolute Gasteiger partial charge is 0.477 e. The van der Waals surface area contributed by atoms with Crippen LogP contribution in [-0.4, -0.2) is 60.9 Å². The van der Waals surface area contributed by atoms with Crippen molar-refractivity contribution in [2.45, 2.75) is 16.3 Å². The number of aryl methyl sites for hydroxylation is 1. The van der Waals surface area contributed by atoms with Gasteiger partial charge in [-0.2, -0.15) is 0 Å². The molecule has 11 nitrogen and oxygen atoms in total. The molecule has 0 aromatic carbocycles. The lowest BCUT2D eigenvalue weighted by molar-refractivity contribution is -0.671. The minimum atomic E-state index is -1.23. The third-order valence-corrected chi connectivity index (χ3v) is 7.78. The van der Waals surface area contributed by atoms with Gasteiger partial charge in [0.15, 0.2) is 23.2 Å². The summed E-state index contributed by atoms with van der Waals surface area (Å²) < 4.78 is 1.91.